The van der Waals surface area contributed by atoms with Crippen molar-refractivity contribution in [2.24, 2.45) is 5.92 Å². The molecule has 0 aliphatic carbocycles. The van der Waals surface area contributed by atoms with Gasteiger partial charge in [-0.25, -0.2) is 4.39 Å². The molecular weight excluding hydrogens is 321 g/mol. The van der Waals surface area contributed by atoms with Crippen LogP contribution in [0.2, 0.25) is 0 Å². The Morgan fingerprint density at radius 1 is 1.58 bits per heavy atom. The summed E-state index contributed by atoms with van der Waals surface area (Å²) in [5.41, 5.74) is -0.602. The number of methoxy groups -OCH3 is 1. The topological polar surface area (TPSA) is 102 Å². The molecular formula is C15H18FN3O5. The first-order chi connectivity index (χ1) is 11.3. The number of nitro groups is 1. The van der Waals surface area contributed by atoms with Gasteiger partial charge in [0.2, 0.25) is 11.8 Å². The van der Waals surface area contributed by atoms with E-state index in [0.29, 0.717) is 6.61 Å². The van der Waals surface area contributed by atoms with Crippen LogP contribution in [0.5, 0.6) is 0 Å². The van der Waals surface area contributed by atoms with Crippen LogP contribution in [0.1, 0.15) is 13.3 Å². The Labute approximate surface area is 137 Å². The van der Waals surface area contributed by atoms with E-state index in [1.807, 2.05) is 6.92 Å². The second kappa shape index (κ2) is 7.35. The van der Waals surface area contributed by atoms with Crippen LogP contribution in [0.15, 0.2) is 18.2 Å². The van der Waals surface area contributed by atoms with E-state index in [9.17, 15) is 24.1 Å². The lowest BCUT2D eigenvalue weighted by Crippen LogP contribution is -2.38. The Morgan fingerprint density at radius 3 is 2.92 bits per heavy atom. The number of halogens is 1. The predicted octanol–water partition coefficient (Wildman–Crippen LogP) is 1.56. The number of carbonyl (C=O) groups is 2. The number of anilines is 1. The molecule has 1 aliphatic rings. The molecule has 2 atom stereocenters. The van der Waals surface area contributed by atoms with E-state index in [0.717, 1.165) is 18.2 Å². The van der Waals surface area contributed by atoms with E-state index >= 15 is 0 Å². The number of rotatable bonds is 6. The fourth-order valence-electron chi connectivity index (χ4n) is 2.62. The summed E-state index contributed by atoms with van der Waals surface area (Å²) >= 11 is 0. The summed E-state index contributed by atoms with van der Waals surface area (Å²) < 4.78 is 18.7. The molecule has 1 aliphatic heterocycles. The molecule has 24 heavy (non-hydrogen) atoms. The third-order valence-corrected chi connectivity index (χ3v) is 3.89. The summed E-state index contributed by atoms with van der Waals surface area (Å²) in [4.78, 5) is 35.9. The van der Waals surface area contributed by atoms with Crippen LogP contribution in [0.4, 0.5) is 15.8 Å². The van der Waals surface area contributed by atoms with Gasteiger partial charge in [0.15, 0.2) is 0 Å². The fourth-order valence-corrected chi connectivity index (χ4v) is 2.62. The monoisotopic (exact) mass is 339 g/mol. The third kappa shape index (κ3) is 3.85. The van der Waals surface area contributed by atoms with Gasteiger partial charge < -0.3 is 15.0 Å². The first kappa shape index (κ1) is 17.8. The highest BCUT2D eigenvalue weighted by Gasteiger charge is 2.36. The first-order valence-electron chi connectivity index (χ1n) is 7.36. The lowest BCUT2D eigenvalue weighted by Gasteiger charge is -2.23. The first-order valence-corrected chi connectivity index (χ1v) is 7.36. The number of benzene rings is 1. The molecule has 9 heteroatoms. The lowest BCUT2D eigenvalue weighted by atomic mass is 10.1. The Hall–Kier alpha value is -2.55. The minimum atomic E-state index is -0.775. The normalized spacial score (nSPS) is 18.5. The van der Waals surface area contributed by atoms with Crippen molar-refractivity contribution >= 4 is 23.2 Å². The van der Waals surface area contributed by atoms with Crippen molar-refractivity contribution in [2.45, 2.75) is 19.4 Å². The molecule has 2 rings (SSSR count). The molecule has 1 fully saturated rings. The number of non-ortho nitro benzene ring substituents is 1. The highest BCUT2D eigenvalue weighted by atomic mass is 19.1. The SMILES string of the molecule is COC[C@@H](C)N1C[C@@H](C(=O)Nc2cc([N+](=O)[O-])ccc2F)CC1=O. The van der Waals surface area contributed by atoms with Crippen LogP contribution < -0.4 is 5.32 Å². The number of nitro benzene ring substituents is 1. The number of carbonyl (C=O) groups excluding carboxylic acids is 2. The Morgan fingerprint density at radius 2 is 2.29 bits per heavy atom. The maximum Gasteiger partial charge on any atom is 0.271 e. The number of likely N-dealkylation sites (tertiary alicyclic amines) is 1. The van der Waals surface area contributed by atoms with Crippen LogP contribution >= 0.6 is 0 Å². The van der Waals surface area contributed by atoms with E-state index in [-0.39, 0.29) is 36.3 Å². The van der Waals surface area contributed by atoms with Gasteiger partial charge in [0.1, 0.15) is 5.82 Å². The summed E-state index contributed by atoms with van der Waals surface area (Å²) in [5.74, 6) is -2.15. The smallest absolute Gasteiger partial charge is 0.271 e. The number of nitrogens with one attached hydrogen (secondary N) is 1. The van der Waals surface area contributed by atoms with Crippen LogP contribution in [0.25, 0.3) is 0 Å². The van der Waals surface area contributed by atoms with Gasteiger partial charge in [0.05, 0.1) is 29.2 Å². The molecule has 0 aromatic heterocycles. The van der Waals surface area contributed by atoms with Crippen molar-refractivity contribution in [3.8, 4) is 0 Å². The standard InChI is InChI=1S/C15H18FN3O5/c1-9(8-24-2)18-7-10(5-14(18)20)15(21)17-13-6-11(19(22)23)3-4-12(13)16/h3-4,6,9-10H,5,7-8H2,1-2H3,(H,17,21)/t9-,10+/m1/s1. The number of ether oxygens (including phenoxy) is 1. The summed E-state index contributed by atoms with van der Waals surface area (Å²) in [6.07, 6.45) is 0.0104. The zero-order valence-corrected chi connectivity index (χ0v) is 13.3. The summed E-state index contributed by atoms with van der Waals surface area (Å²) in [6.45, 7) is 2.35. The number of hydrogen-bond donors (Lipinski definition) is 1. The van der Waals surface area contributed by atoms with Crippen molar-refractivity contribution in [1.29, 1.82) is 0 Å². The molecule has 0 spiro atoms. The van der Waals surface area contributed by atoms with Crippen molar-refractivity contribution in [3.05, 3.63) is 34.1 Å². The lowest BCUT2D eigenvalue weighted by molar-refractivity contribution is -0.384. The minimum Gasteiger partial charge on any atom is -0.383 e. The Balaban J connectivity index is 2.07. The van der Waals surface area contributed by atoms with Crippen molar-refractivity contribution in [2.75, 3.05) is 25.6 Å². The average molecular weight is 339 g/mol. The van der Waals surface area contributed by atoms with Crippen molar-refractivity contribution in [1.82, 2.24) is 4.90 Å². The van der Waals surface area contributed by atoms with Crippen molar-refractivity contribution in [3.63, 3.8) is 0 Å². The van der Waals surface area contributed by atoms with Gasteiger partial charge in [-0.1, -0.05) is 0 Å². The van der Waals surface area contributed by atoms with E-state index < -0.39 is 22.6 Å². The van der Waals surface area contributed by atoms with Crippen LogP contribution in [-0.4, -0.2) is 47.9 Å². The minimum absolute atomic E-state index is 0.0104. The molecule has 1 aromatic carbocycles. The fraction of sp³-hybridized carbons (Fsp3) is 0.467. The summed E-state index contributed by atoms with van der Waals surface area (Å²) in [7, 11) is 1.52. The molecule has 2 amide bonds. The molecule has 1 heterocycles. The Bertz CT molecular complexity index is 667. The highest BCUT2D eigenvalue weighted by Crippen LogP contribution is 2.25. The van der Waals surface area contributed by atoms with Crippen LogP contribution in [-0.2, 0) is 14.3 Å². The van der Waals surface area contributed by atoms with Gasteiger partial charge in [-0.2, -0.15) is 0 Å². The number of hydrogen-bond acceptors (Lipinski definition) is 5. The van der Waals surface area contributed by atoms with Gasteiger partial charge in [-0.3, -0.25) is 19.7 Å². The zero-order chi connectivity index (χ0) is 17.9. The van der Waals surface area contributed by atoms with Crippen LogP contribution in [0, 0.1) is 21.8 Å². The second-order valence-corrected chi connectivity index (χ2v) is 5.66. The van der Waals surface area contributed by atoms with Gasteiger partial charge in [0.25, 0.3) is 5.69 Å². The molecule has 1 saturated heterocycles. The van der Waals surface area contributed by atoms with Gasteiger partial charge >= 0.3 is 0 Å². The van der Waals surface area contributed by atoms with E-state index in [1.54, 1.807) is 0 Å². The quantitative estimate of drug-likeness (QED) is 0.626. The molecule has 130 valence electrons. The molecule has 0 saturated carbocycles. The van der Waals surface area contributed by atoms with Crippen molar-refractivity contribution < 1.29 is 23.6 Å². The number of nitrogens with zero attached hydrogens (tertiary/aromatic N) is 2. The van der Waals surface area contributed by atoms with E-state index in [2.05, 4.69) is 5.32 Å². The molecule has 0 radical (unpaired) electrons. The predicted molar refractivity (Wildman–Crippen MR) is 82.8 cm³/mol. The van der Waals surface area contributed by atoms with Gasteiger partial charge in [0, 0.05) is 32.2 Å². The number of amides is 2. The van der Waals surface area contributed by atoms with Gasteiger partial charge in [-0.15, -0.1) is 0 Å². The summed E-state index contributed by atoms with van der Waals surface area (Å²) in [5, 5.41) is 13.1. The second-order valence-electron chi connectivity index (χ2n) is 5.66. The molecule has 1 N–H and O–H groups in total. The average Bonchev–Trinajstić information content (AvgIpc) is 2.91. The van der Waals surface area contributed by atoms with E-state index in [1.165, 1.54) is 12.0 Å². The Kier molecular flexibility index (Phi) is 5.45. The maximum absolute atomic E-state index is 13.7. The summed E-state index contributed by atoms with van der Waals surface area (Å²) in [6, 6.07) is 2.71. The molecule has 0 bridgehead atoms. The maximum atomic E-state index is 13.7. The third-order valence-electron chi connectivity index (χ3n) is 3.89. The zero-order valence-electron chi connectivity index (χ0n) is 13.3. The van der Waals surface area contributed by atoms with Gasteiger partial charge in [-0.05, 0) is 13.0 Å². The molecule has 1 aromatic rings. The molecule has 0 unspecified atom stereocenters. The van der Waals surface area contributed by atoms with E-state index in [4.69, 9.17) is 4.74 Å². The largest absolute Gasteiger partial charge is 0.383 e. The van der Waals surface area contributed by atoms with Crippen LogP contribution in [0.3, 0.4) is 0 Å². The highest BCUT2D eigenvalue weighted by molar-refractivity contribution is 5.97. The molecule has 8 nitrogen and oxygen atoms in total.